The Labute approximate surface area is 142 Å². The van der Waals surface area contributed by atoms with Gasteiger partial charge in [-0.2, -0.15) is 10.2 Å². The highest BCUT2D eigenvalue weighted by molar-refractivity contribution is 5.91. The first-order valence-electron chi connectivity index (χ1n) is 8.39. The summed E-state index contributed by atoms with van der Waals surface area (Å²) in [6.07, 6.45) is 11.9. The van der Waals surface area contributed by atoms with Gasteiger partial charge < -0.3 is 5.32 Å². The van der Waals surface area contributed by atoms with Crippen LogP contribution in [0.1, 0.15) is 56.5 Å². The lowest BCUT2D eigenvalue weighted by molar-refractivity contribution is -0.117. The minimum atomic E-state index is -0.0831. The Kier molecular flexibility index (Phi) is 4.30. The van der Waals surface area contributed by atoms with Gasteiger partial charge in [0.1, 0.15) is 0 Å². The molecule has 0 unspecified atom stereocenters. The molecule has 1 aliphatic rings. The Hall–Kier alpha value is -2.37. The third kappa shape index (κ3) is 3.42. The molecule has 128 valence electrons. The third-order valence-electron chi connectivity index (χ3n) is 4.29. The molecule has 1 N–H and O–H groups in total. The van der Waals surface area contributed by atoms with Gasteiger partial charge in [-0.1, -0.05) is 0 Å². The molecule has 3 rings (SSSR count). The van der Waals surface area contributed by atoms with Gasteiger partial charge in [0, 0.05) is 36.1 Å². The second-order valence-corrected chi connectivity index (χ2v) is 7.36. The molecule has 6 nitrogen and oxygen atoms in total. The first-order valence-corrected chi connectivity index (χ1v) is 8.39. The van der Waals surface area contributed by atoms with E-state index in [0.29, 0.717) is 0 Å². The van der Waals surface area contributed by atoms with E-state index in [-0.39, 0.29) is 17.5 Å². The SMILES string of the molecule is Cn1cc(/C=C/C(=O)N[C@@H]2CCCc3c2cnn3C(C)(C)C)cn1. The maximum Gasteiger partial charge on any atom is 0.244 e. The number of fused-ring (bicyclic) bond motifs is 1. The maximum absolute atomic E-state index is 12.3. The van der Waals surface area contributed by atoms with Crippen LogP contribution < -0.4 is 5.32 Å². The summed E-state index contributed by atoms with van der Waals surface area (Å²) >= 11 is 0. The molecule has 0 fully saturated rings. The highest BCUT2D eigenvalue weighted by Crippen LogP contribution is 2.32. The second kappa shape index (κ2) is 6.26. The normalized spacial score (nSPS) is 17.9. The van der Waals surface area contributed by atoms with Crippen LogP contribution in [0.3, 0.4) is 0 Å². The van der Waals surface area contributed by atoms with Crippen molar-refractivity contribution in [2.45, 2.75) is 51.6 Å². The van der Waals surface area contributed by atoms with Crippen LogP contribution in [0.15, 0.2) is 24.7 Å². The average Bonchev–Trinajstić information content (AvgIpc) is 3.11. The lowest BCUT2D eigenvalue weighted by Crippen LogP contribution is -2.31. The molecular weight excluding hydrogens is 302 g/mol. The summed E-state index contributed by atoms with van der Waals surface area (Å²) in [5, 5.41) is 11.8. The van der Waals surface area contributed by atoms with Crippen molar-refractivity contribution in [2.24, 2.45) is 7.05 Å². The number of hydrogen-bond donors (Lipinski definition) is 1. The van der Waals surface area contributed by atoms with Gasteiger partial charge in [0.05, 0.1) is 24.0 Å². The molecular formula is C18H25N5O. The predicted molar refractivity (Wildman–Crippen MR) is 93.3 cm³/mol. The van der Waals surface area contributed by atoms with Crippen LogP contribution in [0, 0.1) is 0 Å². The van der Waals surface area contributed by atoms with E-state index in [1.54, 1.807) is 23.0 Å². The Morgan fingerprint density at radius 3 is 2.79 bits per heavy atom. The smallest absolute Gasteiger partial charge is 0.244 e. The highest BCUT2D eigenvalue weighted by atomic mass is 16.1. The van der Waals surface area contributed by atoms with Crippen molar-refractivity contribution in [1.82, 2.24) is 24.9 Å². The summed E-state index contributed by atoms with van der Waals surface area (Å²) in [6, 6.07) is 0.0379. The zero-order chi connectivity index (χ0) is 17.3. The van der Waals surface area contributed by atoms with E-state index in [9.17, 15) is 4.79 Å². The van der Waals surface area contributed by atoms with E-state index in [1.807, 2.05) is 19.4 Å². The van der Waals surface area contributed by atoms with Crippen LogP contribution in [0.25, 0.3) is 6.08 Å². The number of hydrogen-bond acceptors (Lipinski definition) is 3. The number of carbonyl (C=O) groups is 1. The van der Waals surface area contributed by atoms with Gasteiger partial charge in [0.25, 0.3) is 0 Å². The highest BCUT2D eigenvalue weighted by Gasteiger charge is 2.28. The van der Waals surface area contributed by atoms with Crippen molar-refractivity contribution in [1.29, 1.82) is 0 Å². The number of amides is 1. The number of aryl methyl sites for hydroxylation is 1. The van der Waals surface area contributed by atoms with Gasteiger partial charge in [-0.15, -0.1) is 0 Å². The quantitative estimate of drug-likeness (QED) is 0.881. The number of nitrogens with one attached hydrogen (secondary N) is 1. The molecule has 0 bridgehead atoms. The largest absolute Gasteiger partial charge is 0.346 e. The lowest BCUT2D eigenvalue weighted by atomic mass is 9.92. The van der Waals surface area contributed by atoms with Gasteiger partial charge in [0.15, 0.2) is 0 Å². The second-order valence-electron chi connectivity index (χ2n) is 7.36. The first kappa shape index (κ1) is 16.5. The fourth-order valence-electron chi connectivity index (χ4n) is 3.20. The molecule has 6 heteroatoms. The van der Waals surface area contributed by atoms with Crippen LogP contribution in [-0.2, 0) is 23.8 Å². The van der Waals surface area contributed by atoms with Crippen LogP contribution in [0.4, 0.5) is 0 Å². The van der Waals surface area contributed by atoms with Crippen molar-refractivity contribution in [3.05, 3.63) is 41.5 Å². The van der Waals surface area contributed by atoms with Crippen molar-refractivity contribution in [2.75, 3.05) is 0 Å². The standard InChI is InChI=1S/C18H25N5O/c1-18(2,3)23-16-7-5-6-15(14(16)11-20-23)21-17(24)9-8-13-10-19-22(4)12-13/h8-12,15H,5-7H2,1-4H3,(H,21,24)/b9-8+/t15-/m1/s1. The van der Waals surface area contributed by atoms with Crippen molar-refractivity contribution in [3.63, 3.8) is 0 Å². The zero-order valence-electron chi connectivity index (χ0n) is 14.8. The molecule has 1 atom stereocenters. The molecule has 0 saturated heterocycles. The monoisotopic (exact) mass is 327 g/mol. The van der Waals surface area contributed by atoms with Gasteiger partial charge in [-0.05, 0) is 46.1 Å². The van der Waals surface area contributed by atoms with Crippen molar-refractivity contribution in [3.8, 4) is 0 Å². The molecule has 0 saturated carbocycles. The molecule has 1 amide bonds. The van der Waals surface area contributed by atoms with E-state index >= 15 is 0 Å². The fourth-order valence-corrected chi connectivity index (χ4v) is 3.20. The topological polar surface area (TPSA) is 64.7 Å². The van der Waals surface area contributed by atoms with E-state index in [4.69, 9.17) is 0 Å². The Balaban J connectivity index is 1.72. The van der Waals surface area contributed by atoms with Gasteiger partial charge in [-0.25, -0.2) is 0 Å². The van der Waals surface area contributed by atoms with Gasteiger partial charge in [-0.3, -0.25) is 14.2 Å². The minimum absolute atomic E-state index is 0.0379. The Morgan fingerprint density at radius 1 is 1.33 bits per heavy atom. The number of rotatable bonds is 3. The Bertz CT molecular complexity index is 763. The number of nitrogens with zero attached hydrogens (tertiary/aromatic N) is 4. The first-order chi connectivity index (χ1) is 11.3. The Morgan fingerprint density at radius 2 is 2.12 bits per heavy atom. The van der Waals surface area contributed by atoms with Crippen molar-refractivity contribution >= 4 is 12.0 Å². The van der Waals surface area contributed by atoms with E-state index < -0.39 is 0 Å². The summed E-state index contributed by atoms with van der Waals surface area (Å²) in [4.78, 5) is 12.3. The number of aromatic nitrogens is 4. The minimum Gasteiger partial charge on any atom is -0.346 e. The molecule has 1 aliphatic carbocycles. The predicted octanol–water partition coefficient (Wildman–Crippen LogP) is 2.58. The zero-order valence-corrected chi connectivity index (χ0v) is 14.8. The molecule has 0 aromatic carbocycles. The molecule has 2 aromatic rings. The fraction of sp³-hybridized carbons (Fsp3) is 0.500. The summed E-state index contributed by atoms with van der Waals surface area (Å²) in [5.41, 5.74) is 3.27. The van der Waals surface area contributed by atoms with E-state index in [0.717, 1.165) is 30.4 Å². The van der Waals surface area contributed by atoms with Crippen LogP contribution in [0.2, 0.25) is 0 Å². The average molecular weight is 327 g/mol. The summed E-state index contributed by atoms with van der Waals surface area (Å²) in [5.74, 6) is -0.0831. The molecule has 24 heavy (non-hydrogen) atoms. The molecule has 0 spiro atoms. The van der Waals surface area contributed by atoms with E-state index in [2.05, 4.69) is 41.0 Å². The number of carbonyl (C=O) groups excluding carboxylic acids is 1. The maximum atomic E-state index is 12.3. The van der Waals surface area contributed by atoms with Crippen LogP contribution in [-0.4, -0.2) is 25.5 Å². The molecule has 0 radical (unpaired) electrons. The molecule has 2 heterocycles. The molecule has 2 aromatic heterocycles. The lowest BCUT2D eigenvalue weighted by Gasteiger charge is -2.28. The van der Waals surface area contributed by atoms with Crippen molar-refractivity contribution < 1.29 is 4.79 Å². The third-order valence-corrected chi connectivity index (χ3v) is 4.29. The van der Waals surface area contributed by atoms with Gasteiger partial charge in [0.2, 0.25) is 5.91 Å². The van der Waals surface area contributed by atoms with E-state index in [1.165, 1.54) is 5.69 Å². The summed E-state index contributed by atoms with van der Waals surface area (Å²) in [7, 11) is 1.86. The van der Waals surface area contributed by atoms with Crippen LogP contribution >= 0.6 is 0 Å². The summed E-state index contributed by atoms with van der Waals surface area (Å²) < 4.78 is 3.80. The van der Waals surface area contributed by atoms with Crippen LogP contribution in [0.5, 0.6) is 0 Å². The van der Waals surface area contributed by atoms with Gasteiger partial charge >= 0.3 is 0 Å². The molecule has 0 aliphatic heterocycles. The summed E-state index contributed by atoms with van der Waals surface area (Å²) in [6.45, 7) is 6.46.